The number of pyridine rings is 1. The third-order valence-electron chi connectivity index (χ3n) is 5.27. The van der Waals surface area contributed by atoms with Crippen LogP contribution in [0.4, 0.5) is 0 Å². The fourth-order valence-electron chi connectivity index (χ4n) is 3.86. The van der Waals surface area contributed by atoms with Gasteiger partial charge in [0.2, 0.25) is 0 Å². The van der Waals surface area contributed by atoms with E-state index in [2.05, 4.69) is 49.7 Å². The van der Waals surface area contributed by atoms with Crippen LogP contribution in [-0.2, 0) is 6.54 Å². The minimum Gasteiger partial charge on any atom is -0.393 e. The van der Waals surface area contributed by atoms with E-state index in [-0.39, 0.29) is 17.9 Å². The third kappa shape index (κ3) is 3.61. The number of aryl methyl sites for hydroxylation is 2. The molecular formula is C20H25N5O. The number of hydrogen-bond donors (Lipinski definition) is 3. The second-order valence-electron chi connectivity index (χ2n) is 7.39. The number of aliphatic hydroxyl groups is 1. The average Bonchev–Trinajstić information content (AvgIpc) is 3.21. The zero-order valence-electron chi connectivity index (χ0n) is 15.2. The van der Waals surface area contributed by atoms with Crippen molar-refractivity contribution in [2.45, 2.75) is 45.3 Å². The fraction of sp³-hybridized carbons (Fsp3) is 0.450. The second-order valence-corrected chi connectivity index (χ2v) is 7.39. The number of fused-ring (bicyclic) bond motifs is 1. The SMILES string of the molecule is Cc1ccc2cc(CNC[C@H]3CC(c4n[nH]c(C)n4)C[C@H]3O)ccc2n1. The summed E-state index contributed by atoms with van der Waals surface area (Å²) in [6.45, 7) is 5.50. The Bertz CT molecular complexity index is 906. The van der Waals surface area contributed by atoms with Crippen LogP contribution in [-0.4, -0.2) is 37.9 Å². The van der Waals surface area contributed by atoms with Crippen LogP contribution in [0.15, 0.2) is 30.3 Å². The van der Waals surface area contributed by atoms with E-state index in [9.17, 15) is 5.11 Å². The maximum atomic E-state index is 10.4. The van der Waals surface area contributed by atoms with Crippen LogP contribution in [0.3, 0.4) is 0 Å². The molecule has 4 rings (SSSR count). The number of aromatic nitrogens is 4. The van der Waals surface area contributed by atoms with Crippen LogP contribution in [0.2, 0.25) is 0 Å². The Balaban J connectivity index is 1.33. The van der Waals surface area contributed by atoms with E-state index in [0.717, 1.165) is 54.2 Å². The Hall–Kier alpha value is -2.31. The summed E-state index contributed by atoms with van der Waals surface area (Å²) in [6.07, 6.45) is 1.37. The number of hydrogen-bond acceptors (Lipinski definition) is 5. The third-order valence-corrected chi connectivity index (χ3v) is 5.27. The summed E-state index contributed by atoms with van der Waals surface area (Å²) in [6, 6.07) is 10.5. The van der Waals surface area contributed by atoms with E-state index in [1.54, 1.807) is 0 Å². The van der Waals surface area contributed by atoms with Crippen molar-refractivity contribution in [3.05, 3.63) is 53.2 Å². The quantitative estimate of drug-likeness (QED) is 0.658. The molecule has 0 radical (unpaired) electrons. The van der Waals surface area contributed by atoms with Gasteiger partial charge in [-0.05, 0) is 56.4 Å². The van der Waals surface area contributed by atoms with Crippen molar-refractivity contribution in [2.24, 2.45) is 5.92 Å². The molecule has 3 N–H and O–H groups in total. The molecule has 136 valence electrons. The highest BCUT2D eigenvalue weighted by Crippen LogP contribution is 2.36. The number of aromatic amines is 1. The molecule has 0 spiro atoms. The lowest BCUT2D eigenvalue weighted by molar-refractivity contribution is 0.131. The summed E-state index contributed by atoms with van der Waals surface area (Å²) >= 11 is 0. The first-order chi connectivity index (χ1) is 12.6. The van der Waals surface area contributed by atoms with E-state index in [0.29, 0.717) is 0 Å². The van der Waals surface area contributed by atoms with Gasteiger partial charge in [-0.15, -0.1) is 0 Å². The number of nitrogens with one attached hydrogen (secondary N) is 2. The molecule has 3 atom stereocenters. The van der Waals surface area contributed by atoms with Crippen molar-refractivity contribution in [2.75, 3.05) is 6.54 Å². The molecule has 3 aromatic rings. The van der Waals surface area contributed by atoms with Crippen LogP contribution in [0, 0.1) is 19.8 Å². The van der Waals surface area contributed by atoms with Gasteiger partial charge >= 0.3 is 0 Å². The molecule has 1 saturated carbocycles. The Morgan fingerprint density at radius 3 is 2.85 bits per heavy atom. The minimum atomic E-state index is -0.296. The zero-order valence-corrected chi connectivity index (χ0v) is 15.2. The molecule has 1 unspecified atom stereocenters. The Labute approximate surface area is 153 Å². The van der Waals surface area contributed by atoms with Gasteiger partial charge in [-0.3, -0.25) is 10.1 Å². The molecule has 2 heterocycles. The highest BCUT2D eigenvalue weighted by Gasteiger charge is 2.35. The zero-order chi connectivity index (χ0) is 18.1. The van der Waals surface area contributed by atoms with Crippen molar-refractivity contribution in [1.29, 1.82) is 0 Å². The highest BCUT2D eigenvalue weighted by atomic mass is 16.3. The molecule has 0 saturated heterocycles. The summed E-state index contributed by atoms with van der Waals surface area (Å²) in [5.41, 5.74) is 3.30. The molecule has 1 aliphatic carbocycles. The monoisotopic (exact) mass is 351 g/mol. The summed E-state index contributed by atoms with van der Waals surface area (Å²) < 4.78 is 0. The standard InChI is InChI=1S/C20H25N5O/c1-12-3-5-15-7-14(4-6-18(15)22-12)10-21-11-17-8-16(9-19(17)26)20-23-13(2)24-25-20/h3-7,16-17,19,21,26H,8-11H2,1-2H3,(H,23,24,25)/t16?,17-,19-/m1/s1. The topological polar surface area (TPSA) is 86.7 Å². The molecule has 0 amide bonds. The van der Waals surface area contributed by atoms with Crippen molar-refractivity contribution >= 4 is 10.9 Å². The van der Waals surface area contributed by atoms with Crippen LogP contribution in [0.1, 0.15) is 41.7 Å². The smallest absolute Gasteiger partial charge is 0.153 e. The van der Waals surface area contributed by atoms with Crippen molar-refractivity contribution < 1.29 is 5.11 Å². The molecular weight excluding hydrogens is 326 g/mol. The number of nitrogens with zero attached hydrogens (tertiary/aromatic N) is 3. The van der Waals surface area contributed by atoms with E-state index in [1.165, 1.54) is 5.56 Å². The first-order valence-electron chi connectivity index (χ1n) is 9.22. The van der Waals surface area contributed by atoms with Gasteiger partial charge < -0.3 is 10.4 Å². The second kappa shape index (κ2) is 7.13. The molecule has 6 nitrogen and oxygen atoms in total. The first-order valence-corrected chi connectivity index (χ1v) is 9.22. The number of aliphatic hydroxyl groups excluding tert-OH is 1. The Kier molecular flexibility index (Phi) is 4.70. The van der Waals surface area contributed by atoms with Gasteiger partial charge in [0.1, 0.15) is 5.82 Å². The van der Waals surface area contributed by atoms with Gasteiger partial charge in [-0.25, -0.2) is 4.98 Å². The minimum absolute atomic E-state index is 0.239. The van der Waals surface area contributed by atoms with Gasteiger partial charge in [-0.2, -0.15) is 5.10 Å². The molecule has 0 bridgehead atoms. The van der Waals surface area contributed by atoms with Crippen LogP contribution in [0.5, 0.6) is 0 Å². The van der Waals surface area contributed by atoms with Crippen molar-refractivity contribution in [1.82, 2.24) is 25.5 Å². The van der Waals surface area contributed by atoms with E-state index in [4.69, 9.17) is 0 Å². The molecule has 1 aliphatic rings. The fourth-order valence-corrected chi connectivity index (χ4v) is 3.86. The molecule has 6 heteroatoms. The van der Waals surface area contributed by atoms with E-state index < -0.39 is 0 Å². The highest BCUT2D eigenvalue weighted by molar-refractivity contribution is 5.79. The van der Waals surface area contributed by atoms with Gasteiger partial charge in [0.15, 0.2) is 5.82 Å². The number of H-pyrrole nitrogens is 1. The maximum absolute atomic E-state index is 10.4. The summed E-state index contributed by atoms with van der Waals surface area (Å²) in [4.78, 5) is 8.96. The summed E-state index contributed by atoms with van der Waals surface area (Å²) in [5.74, 6) is 2.15. The van der Waals surface area contributed by atoms with Gasteiger partial charge in [0.25, 0.3) is 0 Å². The van der Waals surface area contributed by atoms with Gasteiger partial charge in [0, 0.05) is 30.1 Å². The predicted molar refractivity (Wildman–Crippen MR) is 101 cm³/mol. The van der Waals surface area contributed by atoms with Crippen LogP contribution < -0.4 is 5.32 Å². The van der Waals surface area contributed by atoms with Gasteiger partial charge in [0.05, 0.1) is 11.6 Å². The number of rotatable bonds is 5. The van der Waals surface area contributed by atoms with E-state index >= 15 is 0 Å². The Morgan fingerprint density at radius 1 is 1.15 bits per heavy atom. The van der Waals surface area contributed by atoms with Crippen molar-refractivity contribution in [3.8, 4) is 0 Å². The van der Waals surface area contributed by atoms with Crippen LogP contribution >= 0.6 is 0 Å². The van der Waals surface area contributed by atoms with Gasteiger partial charge in [-0.1, -0.05) is 12.1 Å². The summed E-state index contributed by atoms with van der Waals surface area (Å²) in [5, 5.41) is 22.2. The lowest BCUT2D eigenvalue weighted by atomic mass is 10.0. The molecule has 0 aliphatic heterocycles. The van der Waals surface area contributed by atoms with Crippen LogP contribution in [0.25, 0.3) is 10.9 Å². The molecule has 26 heavy (non-hydrogen) atoms. The largest absolute Gasteiger partial charge is 0.393 e. The molecule has 1 fully saturated rings. The average molecular weight is 351 g/mol. The maximum Gasteiger partial charge on any atom is 0.153 e. The number of benzene rings is 1. The molecule has 1 aromatic carbocycles. The lowest BCUT2D eigenvalue weighted by Crippen LogP contribution is -2.27. The molecule has 2 aromatic heterocycles. The van der Waals surface area contributed by atoms with E-state index in [1.807, 2.05) is 19.9 Å². The Morgan fingerprint density at radius 2 is 2.04 bits per heavy atom. The normalized spacial score (nSPS) is 23.0. The lowest BCUT2D eigenvalue weighted by Gasteiger charge is -2.15. The van der Waals surface area contributed by atoms with Crippen molar-refractivity contribution in [3.63, 3.8) is 0 Å². The first kappa shape index (κ1) is 17.1. The predicted octanol–water partition coefficient (Wildman–Crippen LogP) is 2.61. The summed E-state index contributed by atoms with van der Waals surface area (Å²) in [7, 11) is 0.